The molecule has 0 aliphatic heterocycles. The Kier molecular flexibility index (Phi) is 8.06. The summed E-state index contributed by atoms with van der Waals surface area (Å²) in [7, 11) is 0. The molecule has 68 valence electrons. The number of hydrogen-bond donors (Lipinski definition) is 0. The molecular formula is C10H10N2Ni+2. The molecule has 0 amide bonds. The molecule has 3 heteroatoms. The summed E-state index contributed by atoms with van der Waals surface area (Å²) in [5.41, 5.74) is 0. The number of rotatable bonds is 0. The van der Waals surface area contributed by atoms with Gasteiger partial charge < -0.3 is 0 Å². The first kappa shape index (κ1) is 11.8. The van der Waals surface area contributed by atoms with E-state index in [9.17, 15) is 0 Å². The number of aromatic nitrogens is 2. The van der Waals surface area contributed by atoms with Crippen molar-refractivity contribution >= 4 is 0 Å². The molecule has 13 heavy (non-hydrogen) atoms. The van der Waals surface area contributed by atoms with Gasteiger partial charge in [-0.1, -0.05) is 12.1 Å². The van der Waals surface area contributed by atoms with E-state index >= 15 is 0 Å². The summed E-state index contributed by atoms with van der Waals surface area (Å²) in [6.07, 6.45) is 7.00. The van der Waals surface area contributed by atoms with Crippen molar-refractivity contribution in [1.29, 1.82) is 0 Å². The van der Waals surface area contributed by atoms with Crippen LogP contribution in [0.2, 0.25) is 0 Å². The first-order valence-corrected chi connectivity index (χ1v) is 3.70. The number of hydrogen-bond acceptors (Lipinski definition) is 2. The molecule has 0 unspecified atom stereocenters. The SMILES string of the molecule is [Ni+2].c1ccncc1.c1ccncc1. The van der Waals surface area contributed by atoms with Gasteiger partial charge in [-0.2, -0.15) is 0 Å². The van der Waals surface area contributed by atoms with Crippen LogP contribution >= 0.6 is 0 Å². The van der Waals surface area contributed by atoms with Crippen LogP contribution in [0.4, 0.5) is 0 Å². The smallest absolute Gasteiger partial charge is 0.265 e. The summed E-state index contributed by atoms with van der Waals surface area (Å²) in [5.74, 6) is 0. The average Bonchev–Trinajstić information content (AvgIpc) is 2.24. The van der Waals surface area contributed by atoms with E-state index < -0.39 is 0 Å². The van der Waals surface area contributed by atoms with Gasteiger partial charge in [0.2, 0.25) is 0 Å². The molecular weight excluding hydrogens is 207 g/mol. The zero-order valence-corrected chi connectivity index (χ0v) is 7.97. The van der Waals surface area contributed by atoms with Gasteiger partial charge >= 0.3 is 16.5 Å². The van der Waals surface area contributed by atoms with E-state index in [4.69, 9.17) is 0 Å². The van der Waals surface area contributed by atoms with Crippen LogP contribution in [-0.4, -0.2) is 9.97 Å². The number of nitrogens with zero attached hydrogens (tertiary/aromatic N) is 2. The Morgan fingerprint density at radius 3 is 0.846 bits per heavy atom. The molecule has 0 atom stereocenters. The van der Waals surface area contributed by atoms with E-state index in [-0.39, 0.29) is 16.5 Å². The molecule has 2 aromatic heterocycles. The van der Waals surface area contributed by atoms with E-state index in [1.54, 1.807) is 24.8 Å². The molecule has 2 aromatic rings. The molecule has 0 saturated carbocycles. The van der Waals surface area contributed by atoms with Gasteiger partial charge in [-0.3, -0.25) is 9.97 Å². The van der Waals surface area contributed by atoms with E-state index in [0.717, 1.165) is 0 Å². The minimum absolute atomic E-state index is 0. The summed E-state index contributed by atoms with van der Waals surface area (Å²) in [5, 5.41) is 0. The van der Waals surface area contributed by atoms with Crippen molar-refractivity contribution in [2.24, 2.45) is 0 Å². The van der Waals surface area contributed by atoms with Crippen molar-refractivity contribution in [3.8, 4) is 0 Å². The van der Waals surface area contributed by atoms with Gasteiger partial charge in [0.05, 0.1) is 0 Å². The van der Waals surface area contributed by atoms with Crippen molar-refractivity contribution in [3.63, 3.8) is 0 Å². The van der Waals surface area contributed by atoms with Crippen molar-refractivity contribution in [2.75, 3.05) is 0 Å². The van der Waals surface area contributed by atoms with Crippen LogP contribution in [0.3, 0.4) is 0 Å². The summed E-state index contributed by atoms with van der Waals surface area (Å²) >= 11 is 0. The summed E-state index contributed by atoms with van der Waals surface area (Å²) in [6, 6.07) is 11.4. The van der Waals surface area contributed by atoms with E-state index in [2.05, 4.69) is 9.97 Å². The van der Waals surface area contributed by atoms with E-state index in [1.165, 1.54) is 0 Å². The van der Waals surface area contributed by atoms with Gasteiger partial charge in [0.1, 0.15) is 0 Å². The second-order valence-electron chi connectivity index (χ2n) is 2.05. The minimum Gasteiger partial charge on any atom is -0.265 e. The molecule has 0 aliphatic rings. The molecule has 0 aliphatic carbocycles. The quantitative estimate of drug-likeness (QED) is 0.631. The molecule has 0 saturated heterocycles. The predicted molar refractivity (Wildman–Crippen MR) is 48.5 cm³/mol. The minimum atomic E-state index is 0. The second-order valence-corrected chi connectivity index (χ2v) is 2.05. The second kappa shape index (κ2) is 8.89. The zero-order valence-electron chi connectivity index (χ0n) is 6.98. The first-order valence-electron chi connectivity index (χ1n) is 3.70. The number of pyridine rings is 2. The standard InChI is InChI=1S/2C5H5N.Ni/c2*1-2-4-6-5-3-1;/h2*1-5H;/q;;+2. The van der Waals surface area contributed by atoms with Gasteiger partial charge in [0, 0.05) is 24.8 Å². The normalized spacial score (nSPS) is 7.38. The van der Waals surface area contributed by atoms with Gasteiger partial charge in [-0.25, -0.2) is 0 Å². The fourth-order valence-corrected chi connectivity index (χ4v) is 0.625. The summed E-state index contributed by atoms with van der Waals surface area (Å²) in [6.45, 7) is 0. The maximum absolute atomic E-state index is 3.78. The van der Waals surface area contributed by atoms with Crippen LogP contribution in [0.15, 0.2) is 61.2 Å². The van der Waals surface area contributed by atoms with Gasteiger partial charge in [-0.05, 0) is 24.3 Å². The molecule has 2 heterocycles. The first-order chi connectivity index (χ1) is 6.00. The third kappa shape index (κ3) is 7.16. The van der Waals surface area contributed by atoms with E-state index in [0.29, 0.717) is 0 Å². The van der Waals surface area contributed by atoms with Crippen molar-refractivity contribution < 1.29 is 16.5 Å². The Bertz CT molecular complexity index is 188. The topological polar surface area (TPSA) is 25.8 Å². The molecule has 0 aromatic carbocycles. The Hall–Kier alpha value is -1.21. The van der Waals surface area contributed by atoms with Crippen LogP contribution in [0.1, 0.15) is 0 Å². The maximum Gasteiger partial charge on any atom is 2.00 e. The van der Waals surface area contributed by atoms with E-state index in [1.807, 2.05) is 36.4 Å². The Balaban J connectivity index is 0.000000206. The van der Waals surface area contributed by atoms with Gasteiger partial charge in [0.15, 0.2) is 0 Å². The van der Waals surface area contributed by atoms with Crippen LogP contribution in [0.5, 0.6) is 0 Å². The average molecular weight is 217 g/mol. The molecule has 0 spiro atoms. The summed E-state index contributed by atoms with van der Waals surface area (Å²) < 4.78 is 0. The third-order valence-electron chi connectivity index (χ3n) is 1.13. The fraction of sp³-hybridized carbons (Fsp3) is 0. The molecule has 0 N–H and O–H groups in total. The van der Waals surface area contributed by atoms with Gasteiger partial charge in [0.25, 0.3) is 0 Å². The monoisotopic (exact) mass is 216 g/mol. The molecule has 0 bridgehead atoms. The largest absolute Gasteiger partial charge is 2.00 e. The van der Waals surface area contributed by atoms with Crippen LogP contribution in [0, 0.1) is 0 Å². The maximum atomic E-state index is 3.78. The Morgan fingerprint density at radius 1 is 0.462 bits per heavy atom. The van der Waals surface area contributed by atoms with Crippen molar-refractivity contribution in [2.45, 2.75) is 0 Å². The summed E-state index contributed by atoms with van der Waals surface area (Å²) in [4.78, 5) is 7.57. The van der Waals surface area contributed by atoms with Gasteiger partial charge in [-0.15, -0.1) is 0 Å². The fourth-order valence-electron chi connectivity index (χ4n) is 0.625. The molecule has 2 rings (SSSR count). The predicted octanol–water partition coefficient (Wildman–Crippen LogP) is 2.16. The van der Waals surface area contributed by atoms with Crippen molar-refractivity contribution in [1.82, 2.24) is 9.97 Å². The van der Waals surface area contributed by atoms with Crippen LogP contribution in [-0.2, 0) is 16.5 Å². The Labute approximate surface area is 88.0 Å². The zero-order chi connectivity index (χ0) is 8.49. The van der Waals surface area contributed by atoms with Crippen LogP contribution in [0.25, 0.3) is 0 Å². The van der Waals surface area contributed by atoms with Crippen LogP contribution < -0.4 is 0 Å². The third-order valence-corrected chi connectivity index (χ3v) is 1.13. The molecule has 2 nitrogen and oxygen atoms in total. The van der Waals surface area contributed by atoms with Crippen molar-refractivity contribution in [3.05, 3.63) is 61.2 Å². The molecule has 0 radical (unpaired) electrons. The Morgan fingerprint density at radius 2 is 0.769 bits per heavy atom. The molecule has 0 fully saturated rings.